The highest BCUT2D eigenvalue weighted by atomic mass is 32.1. The summed E-state index contributed by atoms with van der Waals surface area (Å²) in [7, 11) is 0. The highest BCUT2D eigenvalue weighted by Gasteiger charge is 2.76. The highest BCUT2D eigenvalue weighted by Crippen LogP contribution is 2.58. The van der Waals surface area contributed by atoms with Crippen LogP contribution in [0.15, 0.2) is 70.1 Å². The van der Waals surface area contributed by atoms with Crippen molar-refractivity contribution in [2.75, 3.05) is 0 Å². The van der Waals surface area contributed by atoms with Crippen LogP contribution in [-0.2, 0) is 37.5 Å². The molecule has 22 heteroatoms. The predicted octanol–water partition coefficient (Wildman–Crippen LogP) is 25.0. The van der Waals surface area contributed by atoms with E-state index in [0.717, 1.165) is 77.0 Å². The van der Waals surface area contributed by atoms with Gasteiger partial charge in [0, 0.05) is 63.3 Å². The Kier molecular flexibility index (Phi) is 18.7. The largest absolute Gasteiger partial charge is 0.460 e. The number of alkyl halides is 14. The first-order chi connectivity index (χ1) is 42.8. The summed E-state index contributed by atoms with van der Waals surface area (Å²) < 4.78 is 216. The van der Waals surface area contributed by atoms with Crippen LogP contribution in [0.2, 0.25) is 0 Å². The summed E-state index contributed by atoms with van der Waals surface area (Å²) in [5.41, 5.74) is 1.87. The van der Waals surface area contributed by atoms with Crippen molar-refractivity contribution in [1.29, 1.82) is 0 Å². The van der Waals surface area contributed by atoms with Crippen LogP contribution in [-0.4, -0.2) is 44.1 Å². The van der Waals surface area contributed by atoms with Gasteiger partial charge >= 0.3 is 36.0 Å². The molecule has 90 heavy (non-hydrogen) atoms. The molecule has 0 bridgehead atoms. The number of fused-ring (bicyclic) bond motifs is 2. The van der Waals surface area contributed by atoms with Crippen LogP contribution >= 0.6 is 45.3 Å². The average molecular weight is 1330 g/mol. The molecule has 0 N–H and O–H groups in total. The third-order valence-electron chi connectivity index (χ3n) is 17.4. The molecule has 0 spiro atoms. The van der Waals surface area contributed by atoms with Crippen molar-refractivity contribution in [1.82, 2.24) is 19.9 Å². The van der Waals surface area contributed by atoms with Crippen LogP contribution in [0.25, 0.3) is 107 Å². The lowest BCUT2D eigenvalue weighted by molar-refractivity contribution is -0.361. The Morgan fingerprint density at radius 3 is 0.756 bits per heavy atom. The molecule has 0 fully saturated rings. The predicted molar refractivity (Wildman–Crippen MR) is 339 cm³/mol. The van der Waals surface area contributed by atoms with E-state index < -0.39 is 47.7 Å². The van der Waals surface area contributed by atoms with E-state index in [1.807, 2.05) is 52.0 Å². The second-order valence-corrected chi connectivity index (χ2v) is 27.2. The molecule has 0 unspecified atom stereocenters. The van der Waals surface area contributed by atoms with Gasteiger partial charge in [-0.1, -0.05) is 105 Å². The molecule has 6 heterocycles. The minimum Gasteiger partial charge on any atom is -0.226 e. The zero-order chi connectivity index (χ0) is 64.3. The molecule has 4 nitrogen and oxygen atoms in total. The second-order valence-electron chi connectivity index (χ2n) is 23.5. The van der Waals surface area contributed by atoms with E-state index in [0.29, 0.717) is 115 Å². The van der Waals surface area contributed by atoms with Gasteiger partial charge in [-0.25, -0.2) is 19.9 Å². The molecule has 6 aromatic heterocycles. The van der Waals surface area contributed by atoms with Crippen LogP contribution in [0.3, 0.4) is 0 Å². The van der Waals surface area contributed by atoms with Crippen LogP contribution in [0.4, 0.5) is 61.5 Å². The third kappa shape index (κ3) is 11.4. The van der Waals surface area contributed by atoms with E-state index >= 15 is 35.1 Å². The number of aromatic nitrogens is 4. The molecule has 0 aliphatic carbocycles. The summed E-state index contributed by atoms with van der Waals surface area (Å²) in [5.74, 6) is -29.5. The quantitative estimate of drug-likeness (QED) is 0.0212. The van der Waals surface area contributed by atoms with Crippen molar-refractivity contribution in [3.8, 4) is 41.8 Å². The monoisotopic (exact) mass is 1330 g/mol. The number of hydrogen-bond donors (Lipinski definition) is 0. The number of thiophene rings is 4. The molecular formula is C68H64F14N4S4. The van der Waals surface area contributed by atoms with Gasteiger partial charge in [0.1, 0.15) is 0 Å². The van der Waals surface area contributed by atoms with Crippen LogP contribution in [0.1, 0.15) is 164 Å². The summed E-state index contributed by atoms with van der Waals surface area (Å²) in [5, 5.41) is 9.10. The lowest BCUT2D eigenvalue weighted by Crippen LogP contribution is -2.50. The Hall–Kier alpha value is -5.84. The Labute approximate surface area is 526 Å². The van der Waals surface area contributed by atoms with Crippen molar-refractivity contribution in [2.24, 2.45) is 0 Å². The first kappa shape index (κ1) is 65.6. The number of unbranched alkanes of at least 4 members (excludes halogenated alkanes) is 12. The molecule has 11 rings (SSSR count). The summed E-state index contributed by atoms with van der Waals surface area (Å²) in [4.78, 5) is 18.6. The van der Waals surface area contributed by atoms with E-state index in [2.05, 4.69) is 19.9 Å². The third-order valence-corrected chi connectivity index (χ3v) is 21.3. The lowest BCUT2D eigenvalue weighted by Gasteiger charge is -2.28. The van der Waals surface area contributed by atoms with Gasteiger partial charge in [0.05, 0.1) is 22.1 Å². The van der Waals surface area contributed by atoms with E-state index in [-0.39, 0.29) is 65.9 Å². The van der Waals surface area contributed by atoms with Gasteiger partial charge in [-0.05, 0) is 165 Å². The number of halogens is 14. The molecule has 0 aliphatic rings. The van der Waals surface area contributed by atoms with Crippen molar-refractivity contribution in [3.63, 3.8) is 0 Å². The maximum Gasteiger partial charge on any atom is 0.460 e. The second kappa shape index (κ2) is 25.6. The first-order valence-electron chi connectivity index (χ1n) is 30.7. The average Bonchev–Trinajstić information content (AvgIpc) is 0.812. The minimum atomic E-state index is -6.75. The van der Waals surface area contributed by atoms with Crippen molar-refractivity contribution >= 4 is 111 Å². The van der Waals surface area contributed by atoms with Crippen LogP contribution in [0.5, 0.6) is 0 Å². The van der Waals surface area contributed by atoms with Gasteiger partial charge in [-0.3, -0.25) is 0 Å². The topological polar surface area (TPSA) is 51.6 Å². The maximum atomic E-state index is 16.8. The summed E-state index contributed by atoms with van der Waals surface area (Å²) >= 11 is 4.73. The van der Waals surface area contributed by atoms with E-state index in [1.54, 1.807) is 45.8 Å². The van der Waals surface area contributed by atoms with Gasteiger partial charge in [0.25, 0.3) is 0 Å². The highest BCUT2D eigenvalue weighted by molar-refractivity contribution is 7.15. The van der Waals surface area contributed by atoms with Gasteiger partial charge in [0.2, 0.25) is 11.6 Å². The van der Waals surface area contributed by atoms with Crippen molar-refractivity contribution in [3.05, 3.63) is 104 Å². The normalized spacial score (nSPS) is 13.4. The van der Waals surface area contributed by atoms with Gasteiger partial charge in [0.15, 0.2) is 0 Å². The fraction of sp³-hybridized carbons (Fsp3) is 0.441. The zero-order valence-corrected chi connectivity index (χ0v) is 53.0. The number of benzene rings is 5. The standard InChI is InChI=1S/C68H64F14N4S4/c1-5-9-13-17-21-37-25-29-87-57(37)45-33-41-42-34-47(59-39(27-31-89-59)23-19-15-11-7-3)55-52-50(42)44(36-48(60-40(28-32-90-60)24-20-16-12-8-4)56(52)86-62(85-55)64(71,72)66(75,76)68(80,81)82)43-35-46(58-38(26-30-88-58)22-18-14-10-6-2)54-51(49(41)43)53(45)83-61(84-54)63(69,70)65(73,74)67(77,78)79/h25-36H,5-24H2,1-4H3. The Bertz CT molecular complexity index is 3840. The number of rotatable bonds is 28. The summed E-state index contributed by atoms with van der Waals surface area (Å²) in [6.45, 7) is 8.14. The van der Waals surface area contributed by atoms with Crippen molar-refractivity contribution in [2.45, 2.75) is 192 Å². The molecule has 0 amide bonds. The number of nitrogens with zero attached hydrogens (tertiary/aromatic N) is 4. The maximum absolute atomic E-state index is 16.8. The van der Waals surface area contributed by atoms with Gasteiger partial charge in [-0.15, -0.1) is 45.3 Å². The molecule has 11 aromatic rings. The molecule has 478 valence electrons. The van der Waals surface area contributed by atoms with Gasteiger partial charge < -0.3 is 0 Å². The number of hydrogen-bond acceptors (Lipinski definition) is 8. The van der Waals surface area contributed by atoms with E-state index in [1.165, 1.54) is 45.3 Å². The van der Waals surface area contributed by atoms with Gasteiger partial charge in [-0.2, -0.15) is 61.5 Å². The zero-order valence-electron chi connectivity index (χ0n) is 49.8. The lowest BCUT2D eigenvalue weighted by atomic mass is 9.82. The fourth-order valence-corrected chi connectivity index (χ4v) is 16.5. The Balaban J connectivity index is 1.38. The molecule has 0 saturated carbocycles. The minimum absolute atomic E-state index is 0.0576. The Morgan fingerprint density at radius 1 is 0.311 bits per heavy atom. The SMILES string of the molecule is CCCCCCc1ccsc1-c1cc2c3cc(-c4sccc4CCCCCC)c4nc(C(F)(F)C(F)(F)C(F)(F)F)nc5c(-c6sccc6CCCCCC)cc(c6cc(-c7sccc7CCCCCC)c7nc(C(F)(F)C(F)(F)C(F)(F)F)nc1c7c26)c3c45. The molecule has 0 saturated heterocycles. The molecule has 0 atom stereocenters. The smallest absolute Gasteiger partial charge is 0.226 e. The molecule has 5 aromatic carbocycles. The van der Waals surface area contributed by atoms with Crippen molar-refractivity contribution < 1.29 is 61.5 Å². The summed E-state index contributed by atoms with van der Waals surface area (Å²) in [6, 6.07) is 13.8. The number of aryl methyl sites for hydroxylation is 4. The molecular weight excluding hydrogens is 1270 g/mol. The van der Waals surface area contributed by atoms with E-state index in [9.17, 15) is 26.3 Å². The van der Waals surface area contributed by atoms with E-state index in [4.69, 9.17) is 0 Å². The molecule has 0 radical (unpaired) electrons. The van der Waals surface area contributed by atoms with Crippen LogP contribution < -0.4 is 0 Å². The fourth-order valence-electron chi connectivity index (χ4n) is 12.6. The Morgan fingerprint density at radius 2 is 0.544 bits per heavy atom. The molecule has 0 aliphatic heterocycles. The summed E-state index contributed by atoms with van der Waals surface area (Å²) in [6.07, 6.45) is 1.31. The first-order valence-corrected chi connectivity index (χ1v) is 34.3. The van der Waals surface area contributed by atoms with Crippen LogP contribution in [0, 0.1) is 0 Å².